The second kappa shape index (κ2) is 7.71. The van der Waals surface area contributed by atoms with Crippen molar-refractivity contribution in [2.24, 2.45) is 5.73 Å². The van der Waals surface area contributed by atoms with E-state index in [-0.39, 0.29) is 6.54 Å². The van der Waals surface area contributed by atoms with Gasteiger partial charge < -0.3 is 15.9 Å². The molecular formula is C14H23NO3. The summed E-state index contributed by atoms with van der Waals surface area (Å²) in [5.41, 5.74) is 6.67. The van der Waals surface area contributed by atoms with Crippen LogP contribution in [0.5, 0.6) is 5.75 Å². The van der Waals surface area contributed by atoms with E-state index >= 15 is 0 Å². The number of phenols is 1. The first kappa shape index (κ1) is 16.4. The molecule has 1 aromatic carbocycles. The molecule has 0 spiro atoms. The fourth-order valence-electron chi connectivity index (χ4n) is 1.51. The summed E-state index contributed by atoms with van der Waals surface area (Å²) in [5, 5.41) is 17.5. The smallest absolute Gasteiger partial charge is 0.317 e. The van der Waals surface area contributed by atoms with E-state index in [1.54, 1.807) is 0 Å². The molecule has 4 nitrogen and oxygen atoms in total. The van der Waals surface area contributed by atoms with Crippen molar-refractivity contribution in [2.45, 2.75) is 39.5 Å². The van der Waals surface area contributed by atoms with Crippen molar-refractivity contribution >= 4 is 5.97 Å². The maximum Gasteiger partial charge on any atom is 0.317 e. The van der Waals surface area contributed by atoms with E-state index in [9.17, 15) is 9.90 Å². The summed E-state index contributed by atoms with van der Waals surface area (Å²) in [4.78, 5) is 9.24. The third-order valence-electron chi connectivity index (χ3n) is 2.52. The highest BCUT2D eigenvalue weighted by Gasteiger charge is 2.11. The van der Waals surface area contributed by atoms with Crippen LogP contribution in [0.25, 0.3) is 0 Å². The molecule has 0 aliphatic carbocycles. The Kier molecular flexibility index (Phi) is 7.05. The lowest BCUT2D eigenvalue weighted by Crippen LogP contribution is -2.10. The van der Waals surface area contributed by atoms with Gasteiger partial charge in [0.25, 0.3) is 0 Å². The average molecular weight is 253 g/mol. The monoisotopic (exact) mass is 253 g/mol. The van der Waals surface area contributed by atoms with Crippen molar-refractivity contribution in [1.29, 1.82) is 0 Å². The van der Waals surface area contributed by atoms with Gasteiger partial charge in [-0.1, -0.05) is 45.9 Å². The highest BCUT2D eigenvalue weighted by molar-refractivity contribution is 5.68. The minimum absolute atomic E-state index is 0.278. The largest absolute Gasteiger partial charge is 0.507 e. The van der Waals surface area contributed by atoms with Crippen LogP contribution in [0.2, 0.25) is 0 Å². The van der Waals surface area contributed by atoms with Crippen molar-refractivity contribution < 1.29 is 15.0 Å². The van der Waals surface area contributed by atoms with E-state index < -0.39 is 5.97 Å². The molecule has 0 unspecified atom stereocenters. The number of rotatable bonds is 3. The quantitative estimate of drug-likeness (QED) is 0.773. The van der Waals surface area contributed by atoms with Crippen LogP contribution in [-0.2, 0) is 4.79 Å². The Labute approximate surface area is 108 Å². The minimum Gasteiger partial charge on any atom is -0.507 e. The molecule has 102 valence electrons. The first-order valence-electron chi connectivity index (χ1n) is 6.04. The van der Waals surface area contributed by atoms with Gasteiger partial charge in [0.15, 0.2) is 0 Å². The molecule has 0 aliphatic heterocycles. The number of carboxylic acids is 1. The molecule has 0 bridgehead atoms. The molecule has 0 amide bonds. The van der Waals surface area contributed by atoms with Crippen LogP contribution in [0.4, 0.5) is 0 Å². The summed E-state index contributed by atoms with van der Waals surface area (Å²) >= 11 is 0. The Morgan fingerprint density at radius 1 is 1.17 bits per heavy atom. The summed E-state index contributed by atoms with van der Waals surface area (Å²) in [5.74, 6) is 0.287. The fourth-order valence-corrected chi connectivity index (χ4v) is 1.51. The molecule has 1 rings (SSSR count). The molecule has 0 saturated heterocycles. The van der Waals surface area contributed by atoms with E-state index in [2.05, 4.69) is 33.4 Å². The number of phenolic OH excluding ortho intramolecular Hbond substituents is 1. The predicted octanol–water partition coefficient (Wildman–Crippen LogP) is 2.67. The van der Waals surface area contributed by atoms with E-state index in [0.29, 0.717) is 17.6 Å². The van der Waals surface area contributed by atoms with Gasteiger partial charge in [0.2, 0.25) is 0 Å². The van der Waals surface area contributed by atoms with Gasteiger partial charge in [-0.05, 0) is 23.0 Å². The molecule has 0 aliphatic rings. The van der Waals surface area contributed by atoms with Crippen molar-refractivity contribution in [3.8, 4) is 5.75 Å². The Morgan fingerprint density at radius 3 is 1.72 bits per heavy atom. The average Bonchev–Trinajstić information content (AvgIpc) is 2.29. The second-order valence-electron chi connectivity index (χ2n) is 4.69. The van der Waals surface area contributed by atoms with Gasteiger partial charge in [-0.3, -0.25) is 4.79 Å². The number of aromatic hydroxyl groups is 1. The van der Waals surface area contributed by atoms with Gasteiger partial charge in [0.1, 0.15) is 5.75 Å². The third-order valence-corrected chi connectivity index (χ3v) is 2.52. The molecule has 18 heavy (non-hydrogen) atoms. The molecule has 0 saturated carbocycles. The van der Waals surface area contributed by atoms with Crippen LogP contribution < -0.4 is 5.73 Å². The normalized spacial score (nSPS) is 10.2. The number of benzene rings is 1. The van der Waals surface area contributed by atoms with Crippen LogP contribution in [0.1, 0.15) is 50.7 Å². The zero-order chi connectivity index (χ0) is 14.3. The molecule has 4 N–H and O–H groups in total. The van der Waals surface area contributed by atoms with Crippen LogP contribution in [0.15, 0.2) is 18.2 Å². The number of carboxylic acid groups (broad SMARTS) is 1. The van der Waals surface area contributed by atoms with E-state index in [4.69, 9.17) is 5.11 Å². The highest BCUT2D eigenvalue weighted by Crippen LogP contribution is 2.32. The van der Waals surface area contributed by atoms with Gasteiger partial charge in [-0.2, -0.15) is 0 Å². The molecular weight excluding hydrogens is 230 g/mol. The predicted molar refractivity (Wildman–Crippen MR) is 73.0 cm³/mol. The molecule has 0 radical (unpaired) electrons. The summed E-state index contributed by atoms with van der Waals surface area (Å²) < 4.78 is 0. The van der Waals surface area contributed by atoms with Gasteiger partial charge in [0.05, 0.1) is 6.54 Å². The van der Waals surface area contributed by atoms with Crippen molar-refractivity contribution in [2.75, 3.05) is 6.54 Å². The lowest BCUT2D eigenvalue weighted by molar-refractivity contribution is -0.135. The van der Waals surface area contributed by atoms with Crippen LogP contribution in [0.3, 0.4) is 0 Å². The lowest BCUT2D eigenvalue weighted by Gasteiger charge is -2.14. The Hall–Kier alpha value is -1.55. The molecule has 0 atom stereocenters. The Bertz CT molecular complexity index is 360. The van der Waals surface area contributed by atoms with Gasteiger partial charge in [-0.25, -0.2) is 0 Å². The third kappa shape index (κ3) is 5.19. The summed E-state index contributed by atoms with van der Waals surface area (Å²) in [6.45, 7) is 8.11. The molecule has 1 aromatic rings. The van der Waals surface area contributed by atoms with Crippen LogP contribution >= 0.6 is 0 Å². The fraction of sp³-hybridized carbons (Fsp3) is 0.500. The first-order valence-corrected chi connectivity index (χ1v) is 6.04. The Morgan fingerprint density at radius 2 is 1.50 bits per heavy atom. The van der Waals surface area contributed by atoms with E-state index in [0.717, 1.165) is 11.1 Å². The second-order valence-corrected chi connectivity index (χ2v) is 4.69. The maximum absolute atomic E-state index is 9.93. The molecule has 0 aromatic heterocycles. The summed E-state index contributed by atoms with van der Waals surface area (Å²) in [7, 11) is 0. The SMILES string of the molecule is CC(C)c1cccc(C(C)C)c1O.NCC(=O)O. The zero-order valence-electron chi connectivity index (χ0n) is 11.5. The standard InChI is InChI=1S/C12H18O.C2H5NO2/c1-8(2)10-6-5-7-11(9(3)4)12(10)13;3-1-2(4)5/h5-9,13H,1-4H3;1,3H2,(H,4,5). The molecule has 0 heterocycles. The number of carbonyl (C=O) groups is 1. The lowest BCUT2D eigenvalue weighted by atomic mass is 9.94. The zero-order valence-corrected chi connectivity index (χ0v) is 11.5. The molecule has 0 fully saturated rings. The van der Waals surface area contributed by atoms with Crippen molar-refractivity contribution in [3.05, 3.63) is 29.3 Å². The van der Waals surface area contributed by atoms with E-state index in [1.807, 2.05) is 18.2 Å². The summed E-state index contributed by atoms with van der Waals surface area (Å²) in [6.07, 6.45) is 0. The van der Waals surface area contributed by atoms with Gasteiger partial charge in [0, 0.05) is 0 Å². The van der Waals surface area contributed by atoms with E-state index in [1.165, 1.54) is 0 Å². The van der Waals surface area contributed by atoms with Crippen LogP contribution in [0, 0.1) is 0 Å². The number of hydrogen-bond acceptors (Lipinski definition) is 3. The highest BCUT2D eigenvalue weighted by atomic mass is 16.4. The number of nitrogens with two attached hydrogens (primary N) is 1. The van der Waals surface area contributed by atoms with Crippen LogP contribution in [-0.4, -0.2) is 22.7 Å². The molecule has 4 heteroatoms. The van der Waals surface area contributed by atoms with Gasteiger partial charge >= 0.3 is 5.97 Å². The number of para-hydroxylation sites is 1. The van der Waals surface area contributed by atoms with Crippen molar-refractivity contribution in [1.82, 2.24) is 0 Å². The first-order chi connectivity index (χ1) is 8.31. The van der Waals surface area contributed by atoms with Gasteiger partial charge in [-0.15, -0.1) is 0 Å². The number of aliphatic carboxylic acids is 1. The number of hydrogen-bond donors (Lipinski definition) is 3. The summed E-state index contributed by atoms with van der Waals surface area (Å²) in [6, 6.07) is 6.00. The Balaban J connectivity index is 0.000000494. The topological polar surface area (TPSA) is 83.5 Å². The minimum atomic E-state index is -0.968. The van der Waals surface area contributed by atoms with Crippen molar-refractivity contribution in [3.63, 3.8) is 0 Å². The maximum atomic E-state index is 9.93.